The molecular weight excluding hydrogens is 212 g/mol. The molecule has 1 aromatic rings. The van der Waals surface area contributed by atoms with Gasteiger partial charge in [-0.15, -0.1) is 0 Å². The number of aliphatic hydroxyl groups is 1. The summed E-state index contributed by atoms with van der Waals surface area (Å²) >= 11 is 0. The highest BCUT2D eigenvalue weighted by Gasteiger charge is 2.26. The topological polar surface area (TPSA) is 29.5 Å². The van der Waals surface area contributed by atoms with E-state index in [2.05, 4.69) is 32.0 Å². The third-order valence-corrected chi connectivity index (χ3v) is 3.36. The minimum Gasteiger partial charge on any atom is -0.488 e. The number of hydrogen-bond acceptors (Lipinski definition) is 2. The van der Waals surface area contributed by atoms with Gasteiger partial charge in [0.2, 0.25) is 0 Å². The van der Waals surface area contributed by atoms with Gasteiger partial charge in [-0.25, -0.2) is 0 Å². The van der Waals surface area contributed by atoms with E-state index in [4.69, 9.17) is 4.74 Å². The summed E-state index contributed by atoms with van der Waals surface area (Å²) in [4.78, 5) is 0. The number of rotatable bonds is 3. The molecule has 1 atom stereocenters. The van der Waals surface area contributed by atoms with Crippen molar-refractivity contribution in [1.29, 1.82) is 0 Å². The Bertz CT molecular complexity index is 394. The Morgan fingerprint density at radius 2 is 2.18 bits per heavy atom. The van der Waals surface area contributed by atoms with Gasteiger partial charge in [0.05, 0.1) is 6.10 Å². The lowest BCUT2D eigenvalue weighted by Crippen LogP contribution is -2.32. The van der Waals surface area contributed by atoms with E-state index in [0.717, 1.165) is 31.4 Å². The van der Waals surface area contributed by atoms with Gasteiger partial charge in [0, 0.05) is 0 Å². The molecule has 2 rings (SSSR count). The van der Waals surface area contributed by atoms with Gasteiger partial charge in [-0.2, -0.15) is 0 Å². The van der Waals surface area contributed by atoms with Crippen molar-refractivity contribution >= 4 is 0 Å². The molecule has 2 heteroatoms. The monoisotopic (exact) mass is 234 g/mol. The van der Waals surface area contributed by atoms with E-state index < -0.39 is 0 Å². The van der Waals surface area contributed by atoms with Crippen molar-refractivity contribution in [1.82, 2.24) is 0 Å². The van der Waals surface area contributed by atoms with Gasteiger partial charge in [-0.05, 0) is 63.6 Å². The fourth-order valence-electron chi connectivity index (χ4n) is 2.24. The number of benzene rings is 1. The van der Waals surface area contributed by atoms with Crippen LogP contribution in [0.5, 0.6) is 5.75 Å². The zero-order valence-electron chi connectivity index (χ0n) is 11.0. The van der Waals surface area contributed by atoms with Crippen LogP contribution in [0.1, 0.15) is 44.7 Å². The van der Waals surface area contributed by atoms with Gasteiger partial charge in [-0.3, -0.25) is 0 Å². The molecule has 1 N–H and O–H groups in total. The van der Waals surface area contributed by atoms with E-state index in [1.54, 1.807) is 0 Å². The van der Waals surface area contributed by atoms with Gasteiger partial charge >= 0.3 is 0 Å². The molecule has 0 amide bonds. The van der Waals surface area contributed by atoms with E-state index in [-0.39, 0.29) is 11.7 Å². The average Bonchev–Trinajstić information content (AvgIpc) is 2.25. The second-order valence-electron chi connectivity index (χ2n) is 5.69. The van der Waals surface area contributed by atoms with Crippen LogP contribution in [0.25, 0.3) is 0 Å². The number of ether oxygens (including phenoxy) is 1. The van der Waals surface area contributed by atoms with Crippen LogP contribution in [0, 0.1) is 0 Å². The van der Waals surface area contributed by atoms with Crippen molar-refractivity contribution in [2.75, 3.05) is 0 Å². The molecule has 0 radical (unpaired) electrons. The first-order chi connectivity index (χ1) is 7.96. The Morgan fingerprint density at radius 3 is 2.88 bits per heavy atom. The molecule has 1 unspecified atom stereocenters. The van der Waals surface area contributed by atoms with Gasteiger partial charge in [0.15, 0.2) is 0 Å². The van der Waals surface area contributed by atoms with Crippen molar-refractivity contribution in [3.8, 4) is 5.75 Å². The molecule has 0 saturated carbocycles. The summed E-state index contributed by atoms with van der Waals surface area (Å²) < 4.78 is 5.95. The maximum absolute atomic E-state index is 9.30. The lowest BCUT2D eigenvalue weighted by Gasteiger charge is -2.32. The van der Waals surface area contributed by atoms with Crippen LogP contribution < -0.4 is 4.74 Å². The molecular formula is C15H22O2. The molecule has 0 aliphatic carbocycles. The Kier molecular flexibility index (Phi) is 3.43. The number of hydrogen-bond donors (Lipinski definition) is 1. The zero-order valence-corrected chi connectivity index (χ0v) is 11.0. The van der Waals surface area contributed by atoms with Gasteiger partial charge < -0.3 is 9.84 Å². The highest BCUT2D eigenvalue weighted by atomic mass is 16.5. The van der Waals surface area contributed by atoms with Crippen LogP contribution in [0.4, 0.5) is 0 Å². The lowest BCUT2D eigenvalue weighted by atomic mass is 9.92. The molecule has 2 nitrogen and oxygen atoms in total. The number of aryl methyl sites for hydroxylation is 2. The van der Waals surface area contributed by atoms with E-state index in [1.807, 2.05) is 6.92 Å². The molecule has 94 valence electrons. The largest absolute Gasteiger partial charge is 0.488 e. The van der Waals surface area contributed by atoms with E-state index in [0.29, 0.717) is 0 Å². The lowest BCUT2D eigenvalue weighted by molar-refractivity contribution is 0.0846. The van der Waals surface area contributed by atoms with E-state index in [1.165, 1.54) is 11.1 Å². The number of fused-ring (bicyclic) bond motifs is 1. The fraction of sp³-hybridized carbons (Fsp3) is 0.600. The molecule has 0 bridgehead atoms. The Labute approximate surface area is 104 Å². The van der Waals surface area contributed by atoms with Crippen molar-refractivity contribution in [2.24, 2.45) is 0 Å². The van der Waals surface area contributed by atoms with Crippen molar-refractivity contribution in [3.05, 3.63) is 29.3 Å². The molecule has 0 saturated heterocycles. The number of aliphatic hydroxyl groups excluding tert-OH is 1. The maximum Gasteiger partial charge on any atom is 0.123 e. The predicted octanol–water partition coefficient (Wildman–Crippen LogP) is 3.10. The standard InChI is InChI=1S/C15H22O2/c1-11(16)4-5-12-6-7-14-13(10-12)8-9-15(2,3)17-14/h6-7,10-11,16H,4-5,8-9H2,1-3H3. The zero-order chi connectivity index (χ0) is 12.5. The molecule has 1 heterocycles. The van der Waals surface area contributed by atoms with Gasteiger partial charge in [-0.1, -0.05) is 12.1 Å². The molecule has 17 heavy (non-hydrogen) atoms. The summed E-state index contributed by atoms with van der Waals surface area (Å²) in [6.45, 7) is 6.11. The molecule has 0 aromatic heterocycles. The van der Waals surface area contributed by atoms with Crippen LogP contribution in [0.2, 0.25) is 0 Å². The summed E-state index contributed by atoms with van der Waals surface area (Å²) in [6.07, 6.45) is 3.70. The highest BCUT2D eigenvalue weighted by Crippen LogP contribution is 2.33. The molecule has 0 fully saturated rings. The molecule has 1 aromatic carbocycles. The van der Waals surface area contributed by atoms with Gasteiger partial charge in [0.25, 0.3) is 0 Å². The summed E-state index contributed by atoms with van der Waals surface area (Å²) in [5.41, 5.74) is 2.58. The summed E-state index contributed by atoms with van der Waals surface area (Å²) in [5.74, 6) is 1.03. The second-order valence-corrected chi connectivity index (χ2v) is 5.69. The van der Waals surface area contributed by atoms with Crippen LogP contribution in [0.3, 0.4) is 0 Å². The third kappa shape index (κ3) is 3.22. The molecule has 1 aliphatic heterocycles. The fourth-order valence-corrected chi connectivity index (χ4v) is 2.24. The Balaban J connectivity index is 2.10. The Morgan fingerprint density at radius 1 is 1.41 bits per heavy atom. The minimum absolute atomic E-state index is 0.0336. The SMILES string of the molecule is CC(O)CCc1ccc2c(c1)CCC(C)(C)O2. The highest BCUT2D eigenvalue weighted by molar-refractivity contribution is 5.39. The summed E-state index contributed by atoms with van der Waals surface area (Å²) in [5, 5.41) is 9.30. The Hall–Kier alpha value is -1.02. The second kappa shape index (κ2) is 4.69. The average molecular weight is 234 g/mol. The first kappa shape index (κ1) is 12.4. The third-order valence-electron chi connectivity index (χ3n) is 3.36. The van der Waals surface area contributed by atoms with E-state index >= 15 is 0 Å². The molecule has 1 aliphatic rings. The predicted molar refractivity (Wildman–Crippen MR) is 69.5 cm³/mol. The van der Waals surface area contributed by atoms with Crippen molar-refractivity contribution < 1.29 is 9.84 Å². The first-order valence-corrected chi connectivity index (χ1v) is 6.45. The quantitative estimate of drug-likeness (QED) is 0.870. The maximum atomic E-state index is 9.30. The smallest absolute Gasteiger partial charge is 0.123 e. The van der Waals surface area contributed by atoms with Crippen molar-refractivity contribution in [3.63, 3.8) is 0 Å². The summed E-state index contributed by atoms with van der Waals surface area (Å²) in [7, 11) is 0. The first-order valence-electron chi connectivity index (χ1n) is 6.45. The normalized spacial score (nSPS) is 19.3. The van der Waals surface area contributed by atoms with Crippen LogP contribution in [-0.4, -0.2) is 16.8 Å². The molecule has 0 spiro atoms. The van der Waals surface area contributed by atoms with Crippen LogP contribution in [-0.2, 0) is 12.8 Å². The van der Waals surface area contributed by atoms with E-state index in [9.17, 15) is 5.11 Å². The van der Waals surface area contributed by atoms with Gasteiger partial charge in [0.1, 0.15) is 11.4 Å². The van der Waals surface area contributed by atoms with Crippen LogP contribution in [0.15, 0.2) is 18.2 Å². The van der Waals surface area contributed by atoms with Crippen LogP contribution >= 0.6 is 0 Å². The summed E-state index contributed by atoms with van der Waals surface area (Å²) in [6, 6.07) is 6.42. The minimum atomic E-state index is -0.221. The van der Waals surface area contributed by atoms with Crippen molar-refractivity contribution in [2.45, 2.75) is 58.2 Å².